The first-order chi connectivity index (χ1) is 15.0. The third-order valence-corrected chi connectivity index (χ3v) is 5.00. The van der Waals surface area contributed by atoms with E-state index in [1.165, 1.54) is 12.1 Å². The summed E-state index contributed by atoms with van der Waals surface area (Å²) >= 11 is 0. The Hall–Kier alpha value is -3.47. The lowest BCUT2D eigenvalue weighted by Crippen LogP contribution is -2.44. The van der Waals surface area contributed by atoms with Crippen molar-refractivity contribution in [2.45, 2.75) is 19.0 Å². The number of nitrogens with zero attached hydrogens (tertiary/aromatic N) is 2. The zero-order valence-electron chi connectivity index (χ0n) is 17.6. The Morgan fingerprint density at radius 2 is 2.10 bits per heavy atom. The number of methoxy groups -OCH3 is 1. The van der Waals surface area contributed by atoms with Crippen LogP contribution >= 0.6 is 0 Å². The molecule has 2 N–H and O–H groups in total. The molecule has 0 amide bonds. The number of ether oxygens (including phenoxy) is 2. The van der Waals surface area contributed by atoms with Crippen molar-refractivity contribution in [1.29, 1.82) is 0 Å². The molecule has 2 aromatic carbocycles. The third kappa shape index (κ3) is 5.79. The van der Waals surface area contributed by atoms with Gasteiger partial charge in [-0.1, -0.05) is 12.0 Å². The number of aliphatic imine (C=N–C) groups is 1. The highest BCUT2D eigenvalue weighted by Crippen LogP contribution is 2.28. The highest BCUT2D eigenvalue weighted by molar-refractivity contribution is 5.80. The largest absolute Gasteiger partial charge is 0.493 e. The molecule has 1 atom stereocenters. The van der Waals surface area contributed by atoms with Gasteiger partial charge in [0.05, 0.1) is 12.8 Å². The van der Waals surface area contributed by atoms with E-state index in [0.29, 0.717) is 42.8 Å². The van der Waals surface area contributed by atoms with Gasteiger partial charge in [0.1, 0.15) is 18.2 Å². The van der Waals surface area contributed by atoms with Crippen LogP contribution in [0.4, 0.5) is 14.5 Å². The molecule has 1 heterocycles. The first kappa shape index (κ1) is 22.2. The summed E-state index contributed by atoms with van der Waals surface area (Å²) in [6, 6.07) is 9.36. The smallest absolute Gasteiger partial charge is 0.191 e. The maximum Gasteiger partial charge on any atom is 0.191 e. The monoisotopic (exact) mass is 428 g/mol. The average molecular weight is 428 g/mol. The SMILES string of the molecule is C#CCOc1cc(CNC(=NC)NC2CCN(c3ccc(F)cc3F)C2)ccc1OC. The second-order valence-corrected chi connectivity index (χ2v) is 7.08. The number of benzene rings is 2. The molecular formula is C23H26F2N4O2. The second kappa shape index (κ2) is 10.5. The molecule has 8 heteroatoms. The quantitative estimate of drug-likeness (QED) is 0.404. The van der Waals surface area contributed by atoms with Crippen molar-refractivity contribution in [1.82, 2.24) is 10.6 Å². The Bertz CT molecular complexity index is 975. The molecule has 1 aliphatic heterocycles. The molecule has 0 saturated carbocycles. The van der Waals surface area contributed by atoms with E-state index in [1.54, 1.807) is 14.2 Å². The lowest BCUT2D eigenvalue weighted by molar-refractivity contribution is 0.330. The van der Waals surface area contributed by atoms with Crippen LogP contribution in [0.1, 0.15) is 12.0 Å². The van der Waals surface area contributed by atoms with Crippen LogP contribution in [0.15, 0.2) is 41.4 Å². The first-order valence-corrected chi connectivity index (χ1v) is 9.94. The molecule has 1 fully saturated rings. The van der Waals surface area contributed by atoms with Crippen LogP contribution in [0.3, 0.4) is 0 Å². The predicted molar refractivity (Wildman–Crippen MR) is 118 cm³/mol. The number of guanidine groups is 1. The second-order valence-electron chi connectivity index (χ2n) is 7.08. The van der Waals surface area contributed by atoms with Gasteiger partial charge in [-0.3, -0.25) is 4.99 Å². The molecule has 6 nitrogen and oxygen atoms in total. The lowest BCUT2D eigenvalue weighted by atomic mass is 10.2. The van der Waals surface area contributed by atoms with Gasteiger partial charge in [0.2, 0.25) is 0 Å². The lowest BCUT2D eigenvalue weighted by Gasteiger charge is -2.21. The van der Waals surface area contributed by atoms with Gasteiger partial charge in [-0.05, 0) is 36.2 Å². The van der Waals surface area contributed by atoms with E-state index in [1.807, 2.05) is 23.1 Å². The molecule has 2 aromatic rings. The minimum Gasteiger partial charge on any atom is -0.493 e. The van der Waals surface area contributed by atoms with Crippen molar-refractivity contribution in [3.05, 3.63) is 53.6 Å². The number of nitrogens with one attached hydrogen (secondary N) is 2. The van der Waals surface area contributed by atoms with E-state index in [0.717, 1.165) is 18.1 Å². The number of halogens is 2. The fourth-order valence-corrected chi connectivity index (χ4v) is 3.47. The van der Waals surface area contributed by atoms with Gasteiger partial charge in [0.25, 0.3) is 0 Å². The predicted octanol–water partition coefficient (Wildman–Crippen LogP) is 2.93. The number of rotatable bonds is 7. The van der Waals surface area contributed by atoms with Crippen LogP contribution < -0.4 is 25.0 Å². The van der Waals surface area contributed by atoms with E-state index in [2.05, 4.69) is 21.5 Å². The number of hydrogen-bond acceptors (Lipinski definition) is 4. The van der Waals surface area contributed by atoms with Gasteiger partial charge in [-0.25, -0.2) is 8.78 Å². The zero-order valence-corrected chi connectivity index (χ0v) is 17.6. The molecule has 0 aromatic heterocycles. The molecule has 0 aliphatic carbocycles. The number of anilines is 1. The zero-order chi connectivity index (χ0) is 22.2. The van der Waals surface area contributed by atoms with Gasteiger partial charge in [0, 0.05) is 38.8 Å². The van der Waals surface area contributed by atoms with E-state index >= 15 is 0 Å². The molecule has 1 saturated heterocycles. The van der Waals surface area contributed by atoms with E-state index in [-0.39, 0.29) is 12.6 Å². The van der Waals surface area contributed by atoms with Crippen molar-refractivity contribution >= 4 is 11.6 Å². The molecule has 1 aliphatic rings. The third-order valence-electron chi connectivity index (χ3n) is 5.00. The van der Waals surface area contributed by atoms with Crippen LogP contribution in [-0.4, -0.2) is 45.9 Å². The molecule has 3 rings (SSSR count). The summed E-state index contributed by atoms with van der Waals surface area (Å²) in [6.07, 6.45) is 6.08. The van der Waals surface area contributed by atoms with Crippen LogP contribution in [0.2, 0.25) is 0 Å². The summed E-state index contributed by atoms with van der Waals surface area (Å²) in [5.41, 5.74) is 1.38. The van der Waals surface area contributed by atoms with Crippen molar-refractivity contribution in [2.75, 3.05) is 38.8 Å². The first-order valence-electron chi connectivity index (χ1n) is 9.94. The van der Waals surface area contributed by atoms with Crippen molar-refractivity contribution in [3.63, 3.8) is 0 Å². The molecule has 0 bridgehead atoms. The molecule has 164 valence electrons. The maximum absolute atomic E-state index is 14.1. The van der Waals surface area contributed by atoms with Crippen molar-refractivity contribution < 1.29 is 18.3 Å². The summed E-state index contributed by atoms with van der Waals surface area (Å²) in [4.78, 5) is 6.17. The molecule has 1 unspecified atom stereocenters. The normalized spacial score (nSPS) is 16.0. The standard InChI is InChI=1S/C23H26F2N4O2/c1-4-11-31-22-12-16(5-8-21(22)30-3)14-27-23(26-2)28-18-9-10-29(15-18)20-7-6-17(24)13-19(20)25/h1,5-8,12-13,18H,9-11,14-15H2,2-3H3,(H2,26,27,28). The molecule has 0 spiro atoms. The minimum atomic E-state index is -0.578. The Morgan fingerprint density at radius 3 is 2.81 bits per heavy atom. The van der Waals surface area contributed by atoms with Gasteiger partial charge < -0.3 is 25.0 Å². The summed E-state index contributed by atoms with van der Waals surface area (Å²) in [7, 11) is 3.27. The van der Waals surface area contributed by atoms with Crippen LogP contribution in [0.5, 0.6) is 11.5 Å². The molecule has 0 radical (unpaired) electrons. The summed E-state index contributed by atoms with van der Waals surface area (Å²) in [5, 5.41) is 6.62. The van der Waals surface area contributed by atoms with Gasteiger partial charge >= 0.3 is 0 Å². The van der Waals surface area contributed by atoms with Gasteiger partial charge in [0.15, 0.2) is 17.5 Å². The van der Waals surface area contributed by atoms with E-state index in [4.69, 9.17) is 15.9 Å². The highest BCUT2D eigenvalue weighted by atomic mass is 19.1. The van der Waals surface area contributed by atoms with Crippen molar-refractivity contribution in [3.8, 4) is 23.8 Å². The summed E-state index contributed by atoms with van der Waals surface area (Å²) in [6.45, 7) is 1.93. The number of hydrogen-bond donors (Lipinski definition) is 2. The van der Waals surface area contributed by atoms with Gasteiger partial charge in [-0.2, -0.15) is 0 Å². The van der Waals surface area contributed by atoms with Crippen LogP contribution in [0, 0.1) is 24.0 Å². The van der Waals surface area contributed by atoms with E-state index < -0.39 is 11.6 Å². The average Bonchev–Trinajstić information content (AvgIpc) is 3.23. The van der Waals surface area contributed by atoms with Gasteiger partial charge in [-0.15, -0.1) is 6.42 Å². The fraction of sp³-hybridized carbons (Fsp3) is 0.348. The highest BCUT2D eigenvalue weighted by Gasteiger charge is 2.25. The Labute approximate surface area is 181 Å². The van der Waals surface area contributed by atoms with Crippen molar-refractivity contribution in [2.24, 2.45) is 4.99 Å². The Kier molecular flexibility index (Phi) is 7.55. The maximum atomic E-state index is 14.1. The van der Waals surface area contributed by atoms with Crippen LogP contribution in [0.25, 0.3) is 0 Å². The number of terminal acetylenes is 1. The summed E-state index contributed by atoms with van der Waals surface area (Å²) in [5.74, 6) is 3.14. The Morgan fingerprint density at radius 1 is 1.26 bits per heavy atom. The minimum absolute atomic E-state index is 0.0843. The molecular weight excluding hydrogens is 402 g/mol. The molecule has 31 heavy (non-hydrogen) atoms. The topological polar surface area (TPSA) is 58.1 Å². The van der Waals surface area contributed by atoms with Crippen LogP contribution in [-0.2, 0) is 6.54 Å². The summed E-state index contributed by atoms with van der Waals surface area (Å²) < 4.78 is 38.1. The Balaban J connectivity index is 1.56. The fourth-order valence-electron chi connectivity index (χ4n) is 3.47. The van der Waals surface area contributed by atoms with E-state index in [9.17, 15) is 8.78 Å².